The predicted octanol–water partition coefficient (Wildman–Crippen LogP) is 8.32. The molecule has 1 atom stereocenters. The minimum Gasteiger partial charge on any atom is -0.493 e. The van der Waals surface area contributed by atoms with E-state index in [0.717, 1.165) is 4.90 Å². The molecule has 0 radical (unpaired) electrons. The predicted molar refractivity (Wildman–Crippen MR) is 154 cm³/mol. The highest BCUT2D eigenvalue weighted by atomic mass is 32.2. The molecule has 1 unspecified atom stereocenters. The molecule has 0 saturated carbocycles. The number of benzene rings is 2. The Kier molecular flexibility index (Phi) is 11.9. The number of hydrogen-bond acceptors (Lipinski definition) is 7. The average molecular weight is 867 g/mol. The summed E-state index contributed by atoms with van der Waals surface area (Å²) < 4.78 is 270. The lowest BCUT2D eigenvalue weighted by Gasteiger charge is -2.42. The molecule has 1 aliphatic heterocycles. The Labute approximate surface area is 302 Å². The number of anilines is 1. The lowest BCUT2D eigenvalue weighted by Crippen LogP contribution is -2.75. The van der Waals surface area contributed by atoms with E-state index in [1.54, 1.807) is 6.92 Å². The van der Waals surface area contributed by atoms with Gasteiger partial charge in [0.15, 0.2) is 11.5 Å². The van der Waals surface area contributed by atoms with Gasteiger partial charge in [-0.25, -0.2) is 0 Å². The van der Waals surface area contributed by atoms with Crippen LogP contribution in [0.3, 0.4) is 0 Å². The van der Waals surface area contributed by atoms with Gasteiger partial charge in [-0.2, -0.15) is 83.1 Å². The number of carbonyl (C=O) groups is 2. The normalized spacial score (nSPS) is 16.9. The van der Waals surface area contributed by atoms with Crippen LogP contribution in [-0.4, -0.2) is 92.9 Å². The van der Waals surface area contributed by atoms with Crippen molar-refractivity contribution < 1.29 is 106 Å². The highest BCUT2D eigenvalue weighted by Gasteiger charge is 2.96. The van der Waals surface area contributed by atoms with Crippen LogP contribution in [0, 0.1) is 0 Å². The zero-order valence-electron chi connectivity index (χ0n) is 27.8. The molecule has 0 aliphatic carbocycles. The van der Waals surface area contributed by atoms with Crippen molar-refractivity contribution in [2.24, 2.45) is 0 Å². The molecule has 0 fully saturated rings. The molecular formula is C29H23F17N2O7S. The molecule has 1 heterocycles. The molecule has 9 nitrogen and oxygen atoms in total. The highest BCUT2D eigenvalue weighted by Crippen LogP contribution is 2.64. The van der Waals surface area contributed by atoms with Crippen LogP contribution in [0.2, 0.25) is 0 Å². The third kappa shape index (κ3) is 6.85. The van der Waals surface area contributed by atoms with Crippen molar-refractivity contribution in [3.8, 4) is 17.2 Å². The molecule has 2 aromatic rings. The molecule has 1 aliphatic rings. The van der Waals surface area contributed by atoms with Gasteiger partial charge in [-0.05, 0) is 30.2 Å². The molecule has 2 aromatic carbocycles. The second-order valence-electron chi connectivity index (χ2n) is 11.6. The number of carbonyl (C=O) groups excluding carboxylic acids is 2. The number of unbranched alkanes of at least 4 members (excludes halogenated alkanes) is 1. The topological polar surface area (TPSA) is 111 Å². The molecule has 56 heavy (non-hydrogen) atoms. The van der Waals surface area contributed by atoms with Gasteiger partial charge in [0.2, 0.25) is 0 Å². The van der Waals surface area contributed by atoms with Crippen molar-refractivity contribution in [2.75, 3.05) is 26.1 Å². The maximum absolute atomic E-state index is 14.6. The number of ether oxygens (including phenoxy) is 2. The van der Waals surface area contributed by atoms with Crippen molar-refractivity contribution in [3.05, 3.63) is 47.5 Å². The summed E-state index contributed by atoms with van der Waals surface area (Å²) in [6, 6.07) is 2.41. The van der Waals surface area contributed by atoms with Crippen LogP contribution in [-0.2, 0) is 14.9 Å². The van der Waals surface area contributed by atoms with E-state index < -0.39 is 80.7 Å². The second kappa shape index (κ2) is 14.5. The van der Waals surface area contributed by atoms with Gasteiger partial charge >= 0.3 is 57.1 Å². The number of alkyl halides is 17. The summed E-state index contributed by atoms with van der Waals surface area (Å²) in [4.78, 5) is 28.0. The van der Waals surface area contributed by atoms with Gasteiger partial charge < -0.3 is 23.9 Å². The van der Waals surface area contributed by atoms with E-state index in [0.29, 0.717) is 18.6 Å². The van der Waals surface area contributed by atoms with Gasteiger partial charge in [-0.1, -0.05) is 25.5 Å². The van der Waals surface area contributed by atoms with E-state index >= 15 is 0 Å². The minimum atomic E-state index is -9.00. The van der Waals surface area contributed by atoms with Gasteiger partial charge in [0, 0.05) is 12.6 Å². The zero-order valence-corrected chi connectivity index (χ0v) is 28.6. The number of nitrogens with zero attached hydrogens (tertiary/aromatic N) is 1. The van der Waals surface area contributed by atoms with Crippen LogP contribution in [0.4, 0.5) is 80.3 Å². The summed E-state index contributed by atoms with van der Waals surface area (Å²) in [7, 11) is -5.47. The summed E-state index contributed by atoms with van der Waals surface area (Å²) in [5.41, 5.74) is -0.596. The van der Waals surface area contributed by atoms with Crippen molar-refractivity contribution in [3.63, 3.8) is 0 Å². The van der Waals surface area contributed by atoms with Crippen LogP contribution < -0.4 is 19.0 Å². The standard InChI is InChI=1S/C29H23F17N2O7S/c1-4-5-10-48-19(20(49)47-16-12-18(54-3)17(53-2)11-15(16)21(48)50)13-6-8-14(9-7-13)55-56(51,52)29(45,46)27(40,41)25(36,37)23(32,33)22(30,31)24(34,35)26(38,39)28(42,43)44/h6-9,11-12,19H,4-5,10H2,1-3H3,(H,47,49). The highest BCUT2D eigenvalue weighted by molar-refractivity contribution is 7.88. The largest absolute Gasteiger partial charge is 0.493 e. The monoisotopic (exact) mass is 866 g/mol. The minimum absolute atomic E-state index is 0.0314. The fourth-order valence-corrected chi connectivity index (χ4v) is 5.77. The van der Waals surface area contributed by atoms with Crippen molar-refractivity contribution in [1.29, 1.82) is 0 Å². The van der Waals surface area contributed by atoms with Gasteiger partial charge in [-0.15, -0.1) is 0 Å². The number of hydrogen-bond donors (Lipinski definition) is 1. The number of fused-ring (bicyclic) bond motifs is 1. The number of methoxy groups -OCH3 is 2. The molecule has 0 bridgehead atoms. The first-order chi connectivity index (χ1) is 25.2. The number of nitrogens with one attached hydrogen (secondary N) is 1. The Morgan fingerprint density at radius 1 is 0.679 bits per heavy atom. The van der Waals surface area contributed by atoms with Crippen LogP contribution in [0.1, 0.15) is 41.7 Å². The summed E-state index contributed by atoms with van der Waals surface area (Å²) in [5, 5.41) is -5.49. The third-order valence-electron chi connectivity index (χ3n) is 7.99. The molecule has 0 spiro atoms. The maximum Gasteiger partial charge on any atom is 0.460 e. The van der Waals surface area contributed by atoms with Crippen LogP contribution in [0.5, 0.6) is 17.2 Å². The van der Waals surface area contributed by atoms with Crippen LogP contribution >= 0.6 is 0 Å². The van der Waals surface area contributed by atoms with Crippen molar-refractivity contribution in [1.82, 2.24) is 4.90 Å². The molecule has 2 amide bonds. The molecule has 3 rings (SSSR count). The van der Waals surface area contributed by atoms with Crippen molar-refractivity contribution >= 4 is 27.6 Å². The lowest BCUT2D eigenvalue weighted by atomic mass is 9.91. The Balaban J connectivity index is 2.02. The van der Waals surface area contributed by atoms with Gasteiger partial charge in [0.25, 0.3) is 11.8 Å². The summed E-state index contributed by atoms with van der Waals surface area (Å²) in [6.07, 6.45) is -7.30. The first kappa shape index (κ1) is 45.9. The Morgan fingerprint density at radius 3 is 1.57 bits per heavy atom. The Bertz CT molecular complexity index is 1920. The van der Waals surface area contributed by atoms with Crippen molar-refractivity contribution in [2.45, 2.75) is 72.8 Å². The SMILES string of the molecule is CCCCN1C(=O)c2cc(OC)c(OC)cc2NC(=O)C1c1ccc(OS(=O)(=O)C(F)(F)C(F)(F)C(F)(F)C(F)(F)C(F)(F)C(F)(F)C(F)(F)C(F)(F)F)cc1. The average Bonchev–Trinajstić information content (AvgIpc) is 3.18. The van der Waals surface area contributed by atoms with Gasteiger partial charge in [-0.3, -0.25) is 9.59 Å². The summed E-state index contributed by atoms with van der Waals surface area (Å²) in [6.45, 7) is 1.50. The molecule has 27 heteroatoms. The molecule has 1 N–H and O–H groups in total. The first-order valence-electron chi connectivity index (χ1n) is 14.8. The maximum atomic E-state index is 14.6. The van der Waals surface area contributed by atoms with E-state index in [1.165, 1.54) is 26.4 Å². The zero-order chi connectivity index (χ0) is 43.5. The molecule has 0 saturated heterocycles. The van der Waals surface area contributed by atoms with E-state index in [9.17, 15) is 92.6 Å². The number of halogens is 17. The van der Waals surface area contributed by atoms with Crippen LogP contribution in [0.25, 0.3) is 0 Å². The quantitative estimate of drug-likeness (QED) is 0.142. The smallest absolute Gasteiger partial charge is 0.460 e. The fourth-order valence-electron chi connectivity index (χ4n) is 4.86. The van der Waals surface area contributed by atoms with Crippen LogP contribution in [0.15, 0.2) is 36.4 Å². The first-order valence-corrected chi connectivity index (χ1v) is 16.2. The third-order valence-corrected chi connectivity index (χ3v) is 9.29. The molecule has 316 valence electrons. The lowest BCUT2D eigenvalue weighted by molar-refractivity contribution is -0.458. The van der Waals surface area contributed by atoms with Gasteiger partial charge in [0.1, 0.15) is 11.8 Å². The molecule has 0 aromatic heterocycles. The second-order valence-corrected chi connectivity index (χ2v) is 13.2. The van der Waals surface area contributed by atoms with E-state index in [2.05, 4.69) is 9.50 Å². The van der Waals surface area contributed by atoms with E-state index in [-0.39, 0.29) is 53.4 Å². The fraction of sp³-hybridized carbons (Fsp3) is 0.517. The Hall–Kier alpha value is -4.46. The number of rotatable bonds is 15. The Morgan fingerprint density at radius 2 is 1.12 bits per heavy atom. The van der Waals surface area contributed by atoms with Gasteiger partial charge in [0.05, 0.1) is 25.5 Å². The van der Waals surface area contributed by atoms with E-state index in [4.69, 9.17) is 9.47 Å². The number of amides is 2. The summed E-state index contributed by atoms with van der Waals surface area (Å²) in [5.74, 6) is -55.9. The van der Waals surface area contributed by atoms with E-state index in [1.807, 2.05) is 0 Å². The summed E-state index contributed by atoms with van der Waals surface area (Å²) >= 11 is 0. The molecular weight excluding hydrogens is 843 g/mol.